The number of hydrogen-bond acceptors (Lipinski definition) is 3. The van der Waals surface area contributed by atoms with Gasteiger partial charge in [-0.05, 0) is 59.9 Å². The van der Waals surface area contributed by atoms with E-state index in [1.165, 1.54) is 19.2 Å². The summed E-state index contributed by atoms with van der Waals surface area (Å²) in [5, 5.41) is 1.25. The van der Waals surface area contributed by atoms with Crippen molar-refractivity contribution >= 4 is 34.3 Å². The maximum absolute atomic E-state index is 13.9. The Morgan fingerprint density at radius 2 is 1.85 bits per heavy atom. The van der Waals surface area contributed by atoms with Gasteiger partial charge in [0.1, 0.15) is 5.82 Å². The molecule has 1 heterocycles. The number of Topliss-reactive ketones (excluding diaryl/α,β-unsaturated/α-hetero) is 1. The van der Waals surface area contributed by atoms with Crippen LogP contribution in [0.3, 0.4) is 0 Å². The Morgan fingerprint density at radius 1 is 1.09 bits per heavy atom. The van der Waals surface area contributed by atoms with E-state index < -0.39 is 5.97 Å². The molecule has 1 aliphatic rings. The molecule has 0 fully saturated rings. The van der Waals surface area contributed by atoms with Gasteiger partial charge in [0.05, 0.1) is 18.2 Å². The molecule has 3 aromatic carbocycles. The molecule has 4 aromatic rings. The van der Waals surface area contributed by atoms with Crippen LogP contribution < -0.4 is 0 Å². The molecule has 1 aromatic heterocycles. The second-order valence-electron chi connectivity index (χ2n) is 8.31. The van der Waals surface area contributed by atoms with Gasteiger partial charge in [0.25, 0.3) is 0 Å². The molecule has 1 unspecified atom stereocenters. The van der Waals surface area contributed by atoms with Gasteiger partial charge < -0.3 is 9.30 Å². The van der Waals surface area contributed by atoms with Crippen LogP contribution in [0.15, 0.2) is 66.7 Å². The molecular formula is C27H21ClFNO3. The van der Waals surface area contributed by atoms with Gasteiger partial charge in [0.2, 0.25) is 0 Å². The quantitative estimate of drug-likeness (QED) is 0.341. The molecule has 166 valence electrons. The summed E-state index contributed by atoms with van der Waals surface area (Å²) in [4.78, 5) is 26.0. The molecule has 5 rings (SSSR count). The fourth-order valence-corrected chi connectivity index (χ4v) is 4.97. The van der Waals surface area contributed by atoms with E-state index in [1.54, 1.807) is 18.2 Å². The molecule has 0 saturated carbocycles. The number of halogens is 2. The van der Waals surface area contributed by atoms with Crippen molar-refractivity contribution in [1.82, 2.24) is 4.57 Å². The van der Waals surface area contributed by atoms with Crippen LogP contribution in [0.4, 0.5) is 4.39 Å². The highest BCUT2D eigenvalue weighted by atomic mass is 35.5. The summed E-state index contributed by atoms with van der Waals surface area (Å²) in [6, 6.07) is 19.3. The van der Waals surface area contributed by atoms with Crippen LogP contribution >= 0.6 is 11.6 Å². The topological polar surface area (TPSA) is 48.3 Å². The van der Waals surface area contributed by atoms with E-state index in [0.717, 1.165) is 22.3 Å². The molecule has 0 amide bonds. The molecule has 0 saturated heterocycles. The van der Waals surface area contributed by atoms with Crippen LogP contribution in [0.5, 0.6) is 0 Å². The number of hydrogen-bond donors (Lipinski definition) is 0. The van der Waals surface area contributed by atoms with E-state index in [1.807, 2.05) is 41.0 Å². The first-order valence-electron chi connectivity index (χ1n) is 10.7. The van der Waals surface area contributed by atoms with Crippen molar-refractivity contribution in [2.24, 2.45) is 0 Å². The Balaban J connectivity index is 1.71. The van der Waals surface area contributed by atoms with Crippen LogP contribution in [0.2, 0.25) is 5.02 Å². The minimum atomic E-state index is -0.487. The monoisotopic (exact) mass is 461 g/mol. The summed E-state index contributed by atoms with van der Waals surface area (Å²) in [5.41, 5.74) is 4.35. The Labute approximate surface area is 195 Å². The zero-order chi connectivity index (χ0) is 23.1. The zero-order valence-corrected chi connectivity index (χ0v) is 18.7. The van der Waals surface area contributed by atoms with Gasteiger partial charge in [-0.3, -0.25) is 4.79 Å². The number of fused-ring (bicyclic) bond motifs is 3. The minimum absolute atomic E-state index is 0.0144. The first-order chi connectivity index (χ1) is 16.0. The van der Waals surface area contributed by atoms with Gasteiger partial charge in [0, 0.05) is 34.6 Å². The number of carbonyl (C=O) groups is 2. The Bertz CT molecular complexity index is 1390. The number of methoxy groups -OCH3 is 1. The number of rotatable bonds is 4. The predicted molar refractivity (Wildman–Crippen MR) is 126 cm³/mol. The van der Waals surface area contributed by atoms with Crippen LogP contribution in [-0.2, 0) is 17.7 Å². The lowest BCUT2D eigenvalue weighted by Gasteiger charge is -2.24. The molecule has 4 nitrogen and oxygen atoms in total. The highest BCUT2D eigenvalue weighted by Gasteiger charge is 2.33. The first-order valence-corrected chi connectivity index (χ1v) is 11.1. The average molecular weight is 462 g/mol. The van der Waals surface area contributed by atoms with Crippen molar-refractivity contribution in [2.75, 3.05) is 7.11 Å². The molecule has 0 spiro atoms. The maximum Gasteiger partial charge on any atom is 0.338 e. The number of esters is 1. The Morgan fingerprint density at radius 3 is 2.58 bits per heavy atom. The summed E-state index contributed by atoms with van der Waals surface area (Å²) in [6.45, 7) is 0.384. The van der Waals surface area contributed by atoms with Crippen LogP contribution in [0, 0.1) is 5.82 Å². The van der Waals surface area contributed by atoms with E-state index >= 15 is 0 Å². The largest absolute Gasteiger partial charge is 0.465 e. The standard InChI is InChI=1S/C27H21ClFNO3/c1-33-27(32)21-6-3-7-22-25(21)26-23(30(22)15-16-4-2-5-20(29)12-16)13-18(14-24(26)31)17-8-10-19(28)11-9-17/h2-12,18H,13-15H2,1H3. The molecule has 33 heavy (non-hydrogen) atoms. The fourth-order valence-electron chi connectivity index (χ4n) is 4.85. The van der Waals surface area contributed by atoms with Crippen LogP contribution in [0.25, 0.3) is 10.9 Å². The molecule has 0 bridgehead atoms. The predicted octanol–water partition coefficient (Wildman–Crippen LogP) is 6.18. The zero-order valence-electron chi connectivity index (χ0n) is 18.0. The maximum atomic E-state index is 13.9. The lowest BCUT2D eigenvalue weighted by Crippen LogP contribution is -2.21. The third-order valence-corrected chi connectivity index (χ3v) is 6.58. The SMILES string of the molecule is COC(=O)c1cccc2c1c1c(n2Cc2cccc(F)c2)CC(c2ccc(Cl)cc2)CC1=O. The van der Waals surface area contributed by atoms with Gasteiger partial charge in [-0.2, -0.15) is 0 Å². The van der Waals surface area contributed by atoms with Crippen molar-refractivity contribution in [1.29, 1.82) is 0 Å². The number of carbonyl (C=O) groups excluding carboxylic acids is 2. The van der Waals surface area contributed by atoms with Crippen molar-refractivity contribution in [3.8, 4) is 0 Å². The van der Waals surface area contributed by atoms with Crippen molar-refractivity contribution < 1.29 is 18.7 Å². The summed E-state index contributed by atoms with van der Waals surface area (Å²) in [5.74, 6) is -0.836. The Kier molecular flexibility index (Phi) is 5.51. The number of ether oxygens (including phenoxy) is 1. The van der Waals surface area contributed by atoms with Gasteiger partial charge in [0.15, 0.2) is 5.78 Å². The molecular weight excluding hydrogens is 441 g/mol. The summed E-state index contributed by atoms with van der Waals surface area (Å²) >= 11 is 6.06. The van der Waals surface area contributed by atoms with Crippen LogP contribution in [0.1, 0.15) is 49.9 Å². The molecule has 0 aliphatic heterocycles. The summed E-state index contributed by atoms with van der Waals surface area (Å²) in [7, 11) is 1.33. The lowest BCUT2D eigenvalue weighted by atomic mass is 9.81. The third-order valence-electron chi connectivity index (χ3n) is 6.32. The Hall–Kier alpha value is -3.44. The molecule has 0 radical (unpaired) electrons. The molecule has 0 N–H and O–H groups in total. The number of nitrogens with zero attached hydrogens (tertiary/aromatic N) is 1. The van der Waals surface area contributed by atoms with E-state index in [9.17, 15) is 14.0 Å². The molecule has 1 atom stereocenters. The normalized spacial score (nSPS) is 15.5. The van der Waals surface area contributed by atoms with Gasteiger partial charge in [-0.25, -0.2) is 9.18 Å². The molecule has 6 heteroatoms. The second-order valence-corrected chi connectivity index (χ2v) is 8.75. The van der Waals surface area contributed by atoms with Crippen molar-refractivity contribution in [2.45, 2.75) is 25.3 Å². The minimum Gasteiger partial charge on any atom is -0.465 e. The van der Waals surface area contributed by atoms with Crippen molar-refractivity contribution in [3.63, 3.8) is 0 Å². The lowest BCUT2D eigenvalue weighted by molar-refractivity contribution is 0.0603. The molecule has 1 aliphatic carbocycles. The highest BCUT2D eigenvalue weighted by Crippen LogP contribution is 2.40. The van der Waals surface area contributed by atoms with Crippen LogP contribution in [-0.4, -0.2) is 23.4 Å². The highest BCUT2D eigenvalue weighted by molar-refractivity contribution is 6.30. The van der Waals surface area contributed by atoms with Crippen molar-refractivity contribution in [3.05, 3.63) is 106 Å². The first kappa shape index (κ1) is 21.4. The third kappa shape index (κ3) is 3.83. The van der Waals surface area contributed by atoms with Gasteiger partial charge >= 0.3 is 5.97 Å². The van der Waals surface area contributed by atoms with E-state index in [0.29, 0.717) is 40.9 Å². The van der Waals surface area contributed by atoms with Gasteiger partial charge in [-0.15, -0.1) is 0 Å². The number of benzene rings is 3. The summed E-state index contributed by atoms with van der Waals surface area (Å²) < 4.78 is 20.9. The van der Waals surface area contributed by atoms with E-state index in [2.05, 4.69) is 0 Å². The van der Waals surface area contributed by atoms with E-state index in [4.69, 9.17) is 16.3 Å². The second kappa shape index (κ2) is 8.49. The smallest absolute Gasteiger partial charge is 0.338 e. The summed E-state index contributed by atoms with van der Waals surface area (Å²) in [6.07, 6.45) is 0.955. The van der Waals surface area contributed by atoms with E-state index in [-0.39, 0.29) is 17.5 Å². The van der Waals surface area contributed by atoms with Gasteiger partial charge in [-0.1, -0.05) is 41.9 Å². The fraction of sp³-hybridized carbons (Fsp3) is 0.185. The number of aromatic nitrogens is 1. The number of ketones is 1. The average Bonchev–Trinajstić information content (AvgIpc) is 3.13.